The Morgan fingerprint density at radius 1 is 1.12 bits per heavy atom. The zero-order chi connectivity index (χ0) is 23.5. The van der Waals surface area contributed by atoms with Gasteiger partial charge in [0.25, 0.3) is 5.91 Å². The van der Waals surface area contributed by atoms with Crippen molar-refractivity contribution in [3.8, 4) is 17.2 Å². The molecule has 0 aliphatic heterocycles. The first-order valence-corrected chi connectivity index (χ1v) is 10.8. The Morgan fingerprint density at radius 2 is 1.84 bits per heavy atom. The number of rotatable bonds is 12. The van der Waals surface area contributed by atoms with E-state index >= 15 is 0 Å². The number of aromatic nitrogens is 1. The molecule has 8 heteroatoms. The average Bonchev–Trinajstić information content (AvgIpc) is 2.79. The first-order chi connectivity index (χ1) is 15.4. The lowest BCUT2D eigenvalue weighted by molar-refractivity contribution is -0.155. The second kappa shape index (κ2) is 12.5. The monoisotopic (exact) mass is 444 g/mol. The smallest absolute Gasteiger partial charge is 0.328 e. The van der Waals surface area contributed by atoms with Crippen LogP contribution in [0.5, 0.6) is 17.2 Å². The number of hydrogen-bond acceptors (Lipinski definition) is 7. The van der Waals surface area contributed by atoms with Crippen molar-refractivity contribution in [2.75, 3.05) is 7.11 Å². The number of aromatic hydroxyl groups is 1. The third-order valence-corrected chi connectivity index (χ3v) is 4.97. The molecule has 0 radical (unpaired) electrons. The number of para-hydroxylation sites is 1. The van der Waals surface area contributed by atoms with Crippen LogP contribution in [0.2, 0.25) is 0 Å². The second-order valence-electron chi connectivity index (χ2n) is 7.51. The number of ether oxygens (including phenoxy) is 3. The van der Waals surface area contributed by atoms with Crippen molar-refractivity contribution in [2.45, 2.75) is 64.7 Å². The maximum atomic E-state index is 12.7. The summed E-state index contributed by atoms with van der Waals surface area (Å²) in [4.78, 5) is 29.1. The van der Waals surface area contributed by atoms with Gasteiger partial charge >= 0.3 is 5.97 Å². The summed E-state index contributed by atoms with van der Waals surface area (Å²) in [5, 5.41) is 12.6. The van der Waals surface area contributed by atoms with Crippen molar-refractivity contribution in [2.24, 2.45) is 0 Å². The van der Waals surface area contributed by atoms with Crippen LogP contribution in [0.3, 0.4) is 0 Å². The average molecular weight is 445 g/mol. The number of pyridine rings is 1. The van der Waals surface area contributed by atoms with E-state index in [-0.39, 0.29) is 17.5 Å². The molecule has 0 saturated heterocycles. The minimum atomic E-state index is -0.951. The van der Waals surface area contributed by atoms with Crippen molar-refractivity contribution < 1.29 is 28.9 Å². The molecule has 2 aromatic rings. The molecular weight excluding hydrogens is 412 g/mol. The molecule has 0 fully saturated rings. The molecule has 1 aromatic carbocycles. The summed E-state index contributed by atoms with van der Waals surface area (Å²) in [6, 6.07) is 9.82. The summed E-state index contributed by atoms with van der Waals surface area (Å²) in [6.07, 6.45) is 4.08. The van der Waals surface area contributed by atoms with Gasteiger partial charge in [0.05, 0.1) is 7.11 Å². The van der Waals surface area contributed by atoms with Gasteiger partial charge in [0, 0.05) is 12.3 Å². The summed E-state index contributed by atoms with van der Waals surface area (Å²) >= 11 is 0. The first kappa shape index (κ1) is 25.0. The summed E-state index contributed by atoms with van der Waals surface area (Å²) in [5.74, 6) is -0.885. The highest BCUT2D eigenvalue weighted by Gasteiger charge is 2.28. The van der Waals surface area contributed by atoms with E-state index in [0.717, 1.165) is 19.3 Å². The van der Waals surface area contributed by atoms with Gasteiger partial charge in [-0.05, 0) is 38.8 Å². The second-order valence-corrected chi connectivity index (χ2v) is 7.51. The van der Waals surface area contributed by atoms with Gasteiger partial charge in [0.2, 0.25) is 0 Å². The Balaban J connectivity index is 2.02. The van der Waals surface area contributed by atoms with Crippen LogP contribution in [0.25, 0.3) is 0 Å². The van der Waals surface area contributed by atoms with Gasteiger partial charge in [0.15, 0.2) is 17.2 Å². The number of benzene rings is 1. The van der Waals surface area contributed by atoms with Gasteiger partial charge < -0.3 is 24.6 Å². The van der Waals surface area contributed by atoms with Gasteiger partial charge in [-0.15, -0.1) is 0 Å². The zero-order valence-electron chi connectivity index (χ0n) is 19.0. The summed E-state index contributed by atoms with van der Waals surface area (Å²) in [7, 11) is 1.37. The van der Waals surface area contributed by atoms with Crippen molar-refractivity contribution in [1.82, 2.24) is 10.3 Å². The molecule has 0 spiro atoms. The molecule has 0 bridgehead atoms. The van der Waals surface area contributed by atoms with E-state index in [0.29, 0.717) is 12.2 Å². The zero-order valence-corrected chi connectivity index (χ0v) is 19.0. The topological polar surface area (TPSA) is 107 Å². The number of esters is 1. The Labute approximate surface area is 188 Å². The fraction of sp³-hybridized carbons (Fsp3) is 0.458. The van der Waals surface area contributed by atoms with Crippen LogP contribution in [0, 0.1) is 0 Å². The van der Waals surface area contributed by atoms with Crippen LogP contribution in [0.4, 0.5) is 0 Å². The molecule has 0 saturated carbocycles. The maximum Gasteiger partial charge on any atom is 0.328 e. The quantitative estimate of drug-likeness (QED) is 0.378. The number of methoxy groups -OCH3 is 1. The number of carbonyl (C=O) groups excluding carboxylic acids is 2. The van der Waals surface area contributed by atoms with E-state index in [4.69, 9.17) is 14.2 Å². The highest BCUT2D eigenvalue weighted by molar-refractivity contribution is 5.97. The SMILES string of the molecule is CCCCC[C@@H](OC(=O)[C@H](C)NC(=O)c1nccc(OC)c1O)[C@H](C)Oc1ccccc1. The predicted octanol–water partition coefficient (Wildman–Crippen LogP) is 3.87. The van der Waals surface area contributed by atoms with Gasteiger partial charge in [0.1, 0.15) is 24.0 Å². The Kier molecular flexibility index (Phi) is 9.78. The van der Waals surface area contributed by atoms with E-state index in [9.17, 15) is 14.7 Å². The number of unbranched alkanes of at least 4 members (excludes halogenated alkanes) is 2. The molecule has 1 aromatic heterocycles. The fourth-order valence-electron chi connectivity index (χ4n) is 3.12. The normalized spacial score (nSPS) is 13.5. The van der Waals surface area contributed by atoms with E-state index in [1.54, 1.807) is 0 Å². The number of carbonyl (C=O) groups is 2. The summed E-state index contributed by atoms with van der Waals surface area (Å²) in [5.41, 5.74) is -0.232. The molecule has 0 aliphatic carbocycles. The molecule has 3 atom stereocenters. The lowest BCUT2D eigenvalue weighted by Gasteiger charge is -2.26. The number of nitrogens with zero attached hydrogens (tertiary/aromatic N) is 1. The summed E-state index contributed by atoms with van der Waals surface area (Å²) in [6.45, 7) is 5.48. The van der Waals surface area contributed by atoms with Crippen LogP contribution in [0.15, 0.2) is 42.6 Å². The third-order valence-electron chi connectivity index (χ3n) is 4.97. The molecular formula is C24H32N2O6. The molecule has 0 unspecified atom stereocenters. The predicted molar refractivity (Wildman–Crippen MR) is 120 cm³/mol. The van der Waals surface area contributed by atoms with Crippen molar-refractivity contribution in [3.63, 3.8) is 0 Å². The van der Waals surface area contributed by atoms with E-state index in [1.165, 1.54) is 26.3 Å². The van der Waals surface area contributed by atoms with Crippen molar-refractivity contribution in [1.29, 1.82) is 0 Å². The lowest BCUT2D eigenvalue weighted by atomic mass is 10.1. The molecule has 1 amide bonds. The molecule has 32 heavy (non-hydrogen) atoms. The van der Waals surface area contributed by atoms with Gasteiger partial charge in [-0.2, -0.15) is 0 Å². The van der Waals surface area contributed by atoms with Gasteiger partial charge in [-0.3, -0.25) is 4.79 Å². The number of amides is 1. The Morgan fingerprint density at radius 3 is 2.50 bits per heavy atom. The molecule has 1 heterocycles. The molecule has 8 nitrogen and oxygen atoms in total. The Hall–Kier alpha value is -3.29. The van der Waals surface area contributed by atoms with E-state index in [1.807, 2.05) is 37.3 Å². The lowest BCUT2D eigenvalue weighted by Crippen LogP contribution is -2.43. The standard InChI is InChI=1S/C24H32N2O6/c1-5-6-8-13-19(17(3)31-18-11-9-7-10-12-18)32-24(29)16(2)26-23(28)21-22(27)20(30-4)14-15-25-21/h7,9-12,14-17,19,27H,5-6,8,13H2,1-4H3,(H,26,28)/t16-,17-,19+/m0/s1. The highest BCUT2D eigenvalue weighted by Crippen LogP contribution is 2.27. The Bertz CT molecular complexity index is 874. The highest BCUT2D eigenvalue weighted by atomic mass is 16.6. The van der Waals surface area contributed by atoms with Gasteiger partial charge in [-0.25, -0.2) is 9.78 Å². The van der Waals surface area contributed by atoms with E-state index in [2.05, 4.69) is 17.2 Å². The van der Waals surface area contributed by atoms with Crippen LogP contribution < -0.4 is 14.8 Å². The van der Waals surface area contributed by atoms with Crippen LogP contribution >= 0.6 is 0 Å². The van der Waals surface area contributed by atoms with E-state index < -0.39 is 29.8 Å². The largest absolute Gasteiger partial charge is 0.503 e. The van der Waals surface area contributed by atoms with Crippen LogP contribution in [-0.2, 0) is 9.53 Å². The van der Waals surface area contributed by atoms with Crippen LogP contribution in [-0.4, -0.2) is 47.3 Å². The summed E-state index contributed by atoms with van der Waals surface area (Å²) < 4.78 is 16.7. The van der Waals surface area contributed by atoms with Crippen molar-refractivity contribution >= 4 is 11.9 Å². The van der Waals surface area contributed by atoms with Crippen molar-refractivity contribution in [3.05, 3.63) is 48.3 Å². The molecule has 2 rings (SSSR count). The third kappa shape index (κ3) is 7.14. The molecule has 2 N–H and O–H groups in total. The van der Waals surface area contributed by atoms with Gasteiger partial charge in [-0.1, -0.05) is 38.0 Å². The van der Waals surface area contributed by atoms with Crippen LogP contribution in [0.1, 0.15) is 56.9 Å². The molecule has 0 aliphatic rings. The number of hydrogen-bond donors (Lipinski definition) is 2. The fourth-order valence-corrected chi connectivity index (χ4v) is 3.12. The minimum Gasteiger partial charge on any atom is -0.503 e. The molecule has 174 valence electrons. The maximum absolute atomic E-state index is 12.7. The first-order valence-electron chi connectivity index (χ1n) is 10.8. The number of nitrogens with one attached hydrogen (secondary N) is 1. The minimum absolute atomic E-state index is 0.114.